The first kappa shape index (κ1) is 14.8. The van der Waals surface area contributed by atoms with Crippen LogP contribution in [0.5, 0.6) is 0 Å². The zero-order valence-electron chi connectivity index (χ0n) is 13.1. The van der Waals surface area contributed by atoms with Gasteiger partial charge in [-0.2, -0.15) is 0 Å². The largest absolute Gasteiger partial charge is 0.308 e. The number of aryl methyl sites for hydroxylation is 1. The van der Waals surface area contributed by atoms with Crippen molar-refractivity contribution < 1.29 is 0 Å². The summed E-state index contributed by atoms with van der Waals surface area (Å²) in [6, 6.07) is 2.50. The Morgan fingerprint density at radius 1 is 1.29 bits per heavy atom. The van der Waals surface area contributed by atoms with Gasteiger partial charge >= 0.3 is 0 Å². The maximum Gasteiger partial charge on any atom is 0.160 e. The number of imidazole rings is 1. The molecule has 1 aliphatic carbocycles. The summed E-state index contributed by atoms with van der Waals surface area (Å²) in [6.07, 6.45) is 8.34. The first-order valence-corrected chi connectivity index (χ1v) is 8.50. The van der Waals surface area contributed by atoms with Gasteiger partial charge in [0.15, 0.2) is 5.65 Å². The van der Waals surface area contributed by atoms with Crippen molar-refractivity contribution in [3.05, 3.63) is 23.7 Å². The molecule has 0 bridgehead atoms. The fourth-order valence-corrected chi connectivity index (χ4v) is 3.75. The highest BCUT2D eigenvalue weighted by molar-refractivity contribution is 6.20. The van der Waals surface area contributed by atoms with Crippen molar-refractivity contribution >= 4 is 22.8 Å². The fourth-order valence-electron chi connectivity index (χ4n) is 3.59. The zero-order valence-corrected chi connectivity index (χ0v) is 13.9. The molecule has 3 unspecified atom stereocenters. The van der Waals surface area contributed by atoms with Crippen LogP contribution in [0.3, 0.4) is 0 Å². The molecule has 3 atom stereocenters. The molecule has 21 heavy (non-hydrogen) atoms. The highest BCUT2D eigenvalue weighted by Gasteiger charge is 2.28. The van der Waals surface area contributed by atoms with Gasteiger partial charge in [-0.25, -0.2) is 9.97 Å². The number of nitrogens with zero attached hydrogens (tertiary/aromatic N) is 3. The lowest BCUT2D eigenvalue weighted by Crippen LogP contribution is -2.19. The fraction of sp³-hybridized carbons (Fsp3) is 0.647. The lowest BCUT2D eigenvalue weighted by atomic mass is 9.96. The summed E-state index contributed by atoms with van der Waals surface area (Å²) in [7, 11) is 0. The molecule has 3 rings (SSSR count). The van der Waals surface area contributed by atoms with E-state index in [0.717, 1.165) is 17.0 Å². The maximum absolute atomic E-state index is 6.43. The van der Waals surface area contributed by atoms with Crippen LogP contribution in [-0.2, 0) is 0 Å². The number of fused-ring (bicyclic) bond motifs is 1. The Bertz CT molecular complexity index is 632. The molecule has 0 N–H and O–H groups in total. The number of halogens is 1. The third kappa shape index (κ3) is 2.68. The Hall–Kier alpha value is -1.09. The molecule has 3 nitrogen and oxygen atoms in total. The Balaban J connectivity index is 2.19. The van der Waals surface area contributed by atoms with E-state index < -0.39 is 0 Å². The summed E-state index contributed by atoms with van der Waals surface area (Å²) < 4.78 is 2.34. The summed E-state index contributed by atoms with van der Waals surface area (Å²) in [6.45, 7) is 6.47. The van der Waals surface area contributed by atoms with Crippen molar-refractivity contribution in [2.75, 3.05) is 0 Å². The summed E-state index contributed by atoms with van der Waals surface area (Å²) >= 11 is 6.43. The van der Waals surface area contributed by atoms with E-state index in [4.69, 9.17) is 16.6 Å². The summed E-state index contributed by atoms with van der Waals surface area (Å²) in [5.41, 5.74) is 3.20. The SMILES string of the molecule is Cc1ccnc2c1nc(C(C)Cl)n2C1CCCCCC1C. The van der Waals surface area contributed by atoms with Crippen molar-refractivity contribution in [1.29, 1.82) is 0 Å². The number of hydrogen-bond donors (Lipinski definition) is 0. The van der Waals surface area contributed by atoms with Gasteiger partial charge in [0.1, 0.15) is 11.3 Å². The highest BCUT2D eigenvalue weighted by atomic mass is 35.5. The normalized spacial score (nSPS) is 25.0. The first-order valence-electron chi connectivity index (χ1n) is 8.07. The smallest absolute Gasteiger partial charge is 0.160 e. The minimum absolute atomic E-state index is 0.0888. The predicted molar refractivity (Wildman–Crippen MR) is 87.8 cm³/mol. The van der Waals surface area contributed by atoms with E-state index in [0.29, 0.717) is 12.0 Å². The van der Waals surface area contributed by atoms with Crippen molar-refractivity contribution in [2.45, 2.75) is 64.3 Å². The monoisotopic (exact) mass is 305 g/mol. The molecule has 0 aromatic carbocycles. The molecule has 0 radical (unpaired) electrons. The van der Waals surface area contributed by atoms with Crippen LogP contribution < -0.4 is 0 Å². The van der Waals surface area contributed by atoms with E-state index in [2.05, 4.69) is 23.4 Å². The second kappa shape index (κ2) is 5.96. The van der Waals surface area contributed by atoms with Gasteiger partial charge in [-0.05, 0) is 44.2 Å². The van der Waals surface area contributed by atoms with Crippen LogP contribution in [0.15, 0.2) is 12.3 Å². The van der Waals surface area contributed by atoms with Crippen molar-refractivity contribution in [2.24, 2.45) is 5.92 Å². The molecule has 0 spiro atoms. The Morgan fingerprint density at radius 2 is 2.05 bits per heavy atom. The van der Waals surface area contributed by atoms with E-state index in [1.807, 2.05) is 19.2 Å². The molecular weight excluding hydrogens is 282 g/mol. The molecule has 1 aliphatic rings. The van der Waals surface area contributed by atoms with Gasteiger partial charge in [-0.15, -0.1) is 11.6 Å². The second-order valence-electron chi connectivity index (χ2n) is 6.44. The molecule has 2 heterocycles. The Morgan fingerprint density at radius 3 is 2.81 bits per heavy atom. The van der Waals surface area contributed by atoms with E-state index >= 15 is 0 Å². The van der Waals surface area contributed by atoms with Crippen LogP contribution in [0.4, 0.5) is 0 Å². The third-order valence-electron chi connectivity index (χ3n) is 4.81. The molecule has 114 valence electrons. The van der Waals surface area contributed by atoms with Crippen LogP contribution in [0.25, 0.3) is 11.2 Å². The van der Waals surface area contributed by atoms with Crippen molar-refractivity contribution in [3.8, 4) is 0 Å². The number of aromatic nitrogens is 3. The molecule has 4 heteroatoms. The number of rotatable bonds is 2. The van der Waals surface area contributed by atoms with E-state index in [1.54, 1.807) is 0 Å². The molecule has 2 aromatic heterocycles. The lowest BCUT2D eigenvalue weighted by molar-refractivity contribution is 0.331. The first-order chi connectivity index (χ1) is 10.1. The minimum Gasteiger partial charge on any atom is -0.308 e. The predicted octanol–water partition coefficient (Wildman–Crippen LogP) is 5.18. The number of hydrogen-bond acceptors (Lipinski definition) is 2. The van der Waals surface area contributed by atoms with E-state index in [1.165, 1.54) is 37.7 Å². The highest BCUT2D eigenvalue weighted by Crippen LogP contribution is 2.37. The average Bonchev–Trinajstić information content (AvgIpc) is 2.71. The lowest BCUT2D eigenvalue weighted by Gasteiger charge is -2.26. The van der Waals surface area contributed by atoms with Crippen molar-refractivity contribution in [1.82, 2.24) is 14.5 Å². The van der Waals surface area contributed by atoms with Crippen LogP contribution in [0.2, 0.25) is 0 Å². The molecular formula is C17H24ClN3. The van der Waals surface area contributed by atoms with Gasteiger partial charge in [0.25, 0.3) is 0 Å². The van der Waals surface area contributed by atoms with E-state index in [-0.39, 0.29) is 5.38 Å². The molecule has 1 fully saturated rings. The zero-order chi connectivity index (χ0) is 15.0. The van der Waals surface area contributed by atoms with Gasteiger partial charge in [0.2, 0.25) is 0 Å². The Labute approximate surface area is 131 Å². The number of alkyl halides is 1. The Kier molecular flexibility index (Phi) is 4.21. The third-order valence-corrected chi connectivity index (χ3v) is 5.01. The van der Waals surface area contributed by atoms with E-state index in [9.17, 15) is 0 Å². The summed E-state index contributed by atoms with van der Waals surface area (Å²) in [4.78, 5) is 9.45. The maximum atomic E-state index is 6.43. The standard InChI is InChI=1S/C17H24ClN3/c1-11-7-5-4-6-8-14(11)21-16(13(3)18)20-15-12(2)9-10-19-17(15)21/h9-11,13-14H,4-8H2,1-3H3. The minimum atomic E-state index is -0.0888. The molecule has 0 aliphatic heterocycles. The number of pyridine rings is 1. The van der Waals surface area contributed by atoms with Crippen LogP contribution in [0.1, 0.15) is 68.8 Å². The van der Waals surface area contributed by atoms with Crippen LogP contribution >= 0.6 is 11.6 Å². The quantitative estimate of drug-likeness (QED) is 0.565. The average molecular weight is 306 g/mol. The van der Waals surface area contributed by atoms with Gasteiger partial charge < -0.3 is 4.57 Å². The molecule has 1 saturated carbocycles. The van der Waals surface area contributed by atoms with Crippen molar-refractivity contribution in [3.63, 3.8) is 0 Å². The summed E-state index contributed by atoms with van der Waals surface area (Å²) in [5.74, 6) is 1.63. The van der Waals surface area contributed by atoms with Crippen LogP contribution in [-0.4, -0.2) is 14.5 Å². The van der Waals surface area contributed by atoms with Gasteiger partial charge in [0, 0.05) is 12.2 Å². The topological polar surface area (TPSA) is 30.7 Å². The van der Waals surface area contributed by atoms with Gasteiger partial charge in [0.05, 0.1) is 5.38 Å². The molecule has 0 saturated heterocycles. The molecule has 2 aromatic rings. The summed E-state index contributed by atoms with van der Waals surface area (Å²) in [5, 5.41) is -0.0888. The molecule has 0 amide bonds. The van der Waals surface area contributed by atoms with Gasteiger partial charge in [-0.1, -0.05) is 26.2 Å². The van der Waals surface area contributed by atoms with Gasteiger partial charge in [-0.3, -0.25) is 0 Å². The second-order valence-corrected chi connectivity index (χ2v) is 7.09. The van der Waals surface area contributed by atoms with Crippen LogP contribution in [0, 0.1) is 12.8 Å².